The predicted octanol–water partition coefficient (Wildman–Crippen LogP) is 2.62. The molecule has 1 aliphatic heterocycles. The molecule has 1 amide bonds. The summed E-state index contributed by atoms with van der Waals surface area (Å²) < 4.78 is 6.32. The minimum absolute atomic E-state index is 0.0969. The molecule has 0 radical (unpaired) electrons. The van der Waals surface area contributed by atoms with E-state index in [1.54, 1.807) is 0 Å². The van der Waals surface area contributed by atoms with Crippen LogP contribution in [0, 0.1) is 6.92 Å². The molecule has 1 aromatic carbocycles. The van der Waals surface area contributed by atoms with Crippen LogP contribution in [0.1, 0.15) is 22.8 Å². The number of amides is 1. The minimum Gasteiger partial charge on any atom is -0.377 e. The van der Waals surface area contributed by atoms with Crippen LogP contribution < -0.4 is 0 Å². The normalized spacial score (nSPS) is 20.4. The summed E-state index contributed by atoms with van der Waals surface area (Å²) >= 11 is 3.46. The molecule has 1 saturated heterocycles. The van der Waals surface area contributed by atoms with Crippen LogP contribution in [0.2, 0.25) is 0 Å². The number of nitrogens with zero attached hydrogens (tertiary/aromatic N) is 1. The van der Waals surface area contributed by atoms with E-state index in [0.717, 1.165) is 15.6 Å². The van der Waals surface area contributed by atoms with Gasteiger partial charge in [0.1, 0.15) is 0 Å². The number of hydrogen-bond donors (Lipinski definition) is 0. The largest absolute Gasteiger partial charge is 0.377 e. The van der Waals surface area contributed by atoms with E-state index in [4.69, 9.17) is 4.74 Å². The summed E-state index contributed by atoms with van der Waals surface area (Å²) in [5.74, 6) is 0.0969. The molecule has 1 heterocycles. The van der Waals surface area contributed by atoms with Gasteiger partial charge in [-0.15, -0.1) is 0 Å². The minimum atomic E-state index is 0.0969. The van der Waals surface area contributed by atoms with Crippen LogP contribution in [0.5, 0.6) is 0 Å². The van der Waals surface area contributed by atoms with Gasteiger partial charge in [-0.1, -0.05) is 22.0 Å². The molecule has 92 valence electrons. The van der Waals surface area contributed by atoms with E-state index in [1.165, 1.54) is 0 Å². The molecule has 0 N–H and O–H groups in total. The predicted molar refractivity (Wildman–Crippen MR) is 70.2 cm³/mol. The van der Waals surface area contributed by atoms with Gasteiger partial charge in [0.25, 0.3) is 5.91 Å². The van der Waals surface area contributed by atoms with Gasteiger partial charge in [0.2, 0.25) is 0 Å². The van der Waals surface area contributed by atoms with Gasteiger partial charge < -0.3 is 9.64 Å². The molecule has 3 nitrogen and oxygen atoms in total. The van der Waals surface area contributed by atoms with Gasteiger partial charge in [-0.05, 0) is 31.5 Å². The van der Waals surface area contributed by atoms with Gasteiger partial charge in [0.05, 0.1) is 19.3 Å². The molecular weight excluding hydrogens is 282 g/mol. The molecule has 17 heavy (non-hydrogen) atoms. The molecular formula is C13H16BrNO2. The topological polar surface area (TPSA) is 29.5 Å². The quantitative estimate of drug-likeness (QED) is 0.797. The van der Waals surface area contributed by atoms with Gasteiger partial charge in [-0.25, -0.2) is 0 Å². The lowest BCUT2D eigenvalue weighted by molar-refractivity contribution is 0.00355. The van der Waals surface area contributed by atoms with Gasteiger partial charge in [0.15, 0.2) is 0 Å². The van der Waals surface area contributed by atoms with E-state index in [1.807, 2.05) is 36.9 Å². The number of ether oxygens (including phenoxy) is 1. The lowest BCUT2D eigenvalue weighted by atomic mass is 10.1. The molecule has 0 saturated carbocycles. The van der Waals surface area contributed by atoms with Crippen molar-refractivity contribution >= 4 is 21.8 Å². The maximum Gasteiger partial charge on any atom is 0.254 e. The summed E-state index contributed by atoms with van der Waals surface area (Å²) in [6, 6.07) is 5.88. The molecule has 0 aromatic heterocycles. The fraction of sp³-hybridized carbons (Fsp3) is 0.462. The van der Waals surface area contributed by atoms with E-state index in [-0.39, 0.29) is 11.9 Å². The molecule has 1 unspecified atom stereocenters. The van der Waals surface area contributed by atoms with Crippen LogP contribution in [0.4, 0.5) is 0 Å². The van der Waals surface area contributed by atoms with Gasteiger partial charge in [0, 0.05) is 16.6 Å². The highest BCUT2D eigenvalue weighted by atomic mass is 79.9. The van der Waals surface area contributed by atoms with Gasteiger partial charge in [-0.2, -0.15) is 0 Å². The van der Waals surface area contributed by atoms with Crippen LogP contribution in [0.25, 0.3) is 0 Å². The highest BCUT2D eigenvalue weighted by Gasteiger charge is 2.25. The fourth-order valence-corrected chi connectivity index (χ4v) is 2.39. The molecule has 2 rings (SSSR count). The highest BCUT2D eigenvalue weighted by molar-refractivity contribution is 9.10. The zero-order valence-corrected chi connectivity index (χ0v) is 11.7. The van der Waals surface area contributed by atoms with Crippen LogP contribution in [-0.2, 0) is 4.74 Å². The van der Waals surface area contributed by atoms with E-state index < -0.39 is 0 Å². The van der Waals surface area contributed by atoms with E-state index in [0.29, 0.717) is 19.8 Å². The first-order valence-electron chi connectivity index (χ1n) is 5.75. The van der Waals surface area contributed by atoms with Crippen molar-refractivity contribution in [2.45, 2.75) is 19.9 Å². The number of rotatable bonds is 1. The molecule has 0 aliphatic carbocycles. The van der Waals surface area contributed by atoms with Crippen molar-refractivity contribution in [2.75, 3.05) is 19.8 Å². The summed E-state index contributed by atoms with van der Waals surface area (Å²) in [5.41, 5.74) is 1.77. The molecule has 1 aromatic rings. The molecule has 1 fully saturated rings. The van der Waals surface area contributed by atoms with E-state index in [2.05, 4.69) is 15.9 Å². The van der Waals surface area contributed by atoms with Crippen molar-refractivity contribution in [1.29, 1.82) is 0 Å². The Hall–Kier alpha value is -0.870. The summed E-state index contributed by atoms with van der Waals surface area (Å²) in [7, 11) is 0. The Bertz CT molecular complexity index is 433. The summed E-state index contributed by atoms with van der Waals surface area (Å²) in [5, 5.41) is 0. The van der Waals surface area contributed by atoms with Crippen molar-refractivity contribution in [3.05, 3.63) is 33.8 Å². The summed E-state index contributed by atoms with van der Waals surface area (Å²) in [4.78, 5) is 14.3. The summed E-state index contributed by atoms with van der Waals surface area (Å²) in [6.45, 7) is 5.90. The number of benzene rings is 1. The van der Waals surface area contributed by atoms with E-state index >= 15 is 0 Å². The van der Waals surface area contributed by atoms with Crippen molar-refractivity contribution < 1.29 is 9.53 Å². The Morgan fingerprint density at radius 2 is 2.29 bits per heavy atom. The fourth-order valence-electron chi connectivity index (χ4n) is 2.02. The standard InChI is InChI=1S/C13H16BrNO2/c1-9-8-17-7-6-15(9)13(16)11-4-3-5-12(14)10(11)2/h3-5,9H,6-8H2,1-2H3. The first-order chi connectivity index (χ1) is 8.11. The average Bonchev–Trinajstić information content (AvgIpc) is 2.32. The Labute approximate surface area is 110 Å². The first-order valence-corrected chi connectivity index (χ1v) is 6.54. The van der Waals surface area contributed by atoms with Crippen LogP contribution >= 0.6 is 15.9 Å². The van der Waals surface area contributed by atoms with Crippen LogP contribution in [0.3, 0.4) is 0 Å². The number of hydrogen-bond acceptors (Lipinski definition) is 2. The van der Waals surface area contributed by atoms with Gasteiger partial charge >= 0.3 is 0 Å². The van der Waals surface area contributed by atoms with Crippen molar-refractivity contribution in [3.8, 4) is 0 Å². The third-order valence-electron chi connectivity index (χ3n) is 3.13. The Morgan fingerprint density at radius 1 is 1.53 bits per heavy atom. The average molecular weight is 298 g/mol. The molecule has 1 aliphatic rings. The Balaban J connectivity index is 2.27. The van der Waals surface area contributed by atoms with Crippen LogP contribution in [-0.4, -0.2) is 36.6 Å². The van der Waals surface area contributed by atoms with Gasteiger partial charge in [-0.3, -0.25) is 4.79 Å². The summed E-state index contributed by atoms with van der Waals surface area (Å²) in [6.07, 6.45) is 0. The smallest absolute Gasteiger partial charge is 0.254 e. The molecule has 1 atom stereocenters. The second-order valence-corrected chi connectivity index (χ2v) is 5.19. The Morgan fingerprint density at radius 3 is 3.00 bits per heavy atom. The third kappa shape index (κ3) is 2.53. The second kappa shape index (κ2) is 5.19. The molecule has 4 heteroatoms. The maximum atomic E-state index is 12.4. The molecule has 0 spiro atoms. The number of carbonyl (C=O) groups is 1. The maximum absolute atomic E-state index is 12.4. The molecule has 0 bridgehead atoms. The highest BCUT2D eigenvalue weighted by Crippen LogP contribution is 2.22. The van der Waals surface area contributed by atoms with Crippen molar-refractivity contribution in [3.63, 3.8) is 0 Å². The number of halogens is 1. The Kier molecular flexibility index (Phi) is 3.84. The zero-order chi connectivity index (χ0) is 12.4. The lowest BCUT2D eigenvalue weighted by Crippen LogP contribution is -2.47. The number of morpholine rings is 1. The van der Waals surface area contributed by atoms with Crippen LogP contribution in [0.15, 0.2) is 22.7 Å². The first kappa shape index (κ1) is 12.6. The third-order valence-corrected chi connectivity index (χ3v) is 3.99. The van der Waals surface area contributed by atoms with Crippen molar-refractivity contribution in [1.82, 2.24) is 4.90 Å². The monoisotopic (exact) mass is 297 g/mol. The van der Waals surface area contributed by atoms with E-state index in [9.17, 15) is 4.79 Å². The zero-order valence-electron chi connectivity index (χ0n) is 10.1. The second-order valence-electron chi connectivity index (χ2n) is 4.33. The number of carbonyl (C=O) groups excluding carboxylic acids is 1. The SMILES string of the molecule is Cc1c(Br)cccc1C(=O)N1CCOCC1C. The lowest BCUT2D eigenvalue weighted by Gasteiger charge is -2.33. The van der Waals surface area contributed by atoms with Crippen molar-refractivity contribution in [2.24, 2.45) is 0 Å².